The third-order valence-corrected chi connectivity index (χ3v) is 3.67. The molecule has 6 heteroatoms. The summed E-state index contributed by atoms with van der Waals surface area (Å²) in [5, 5.41) is 4.90. The zero-order valence-corrected chi connectivity index (χ0v) is 10.6. The zero-order chi connectivity index (χ0) is 11.5. The number of nitrogen functional groups attached to an aromatic ring is 1. The van der Waals surface area contributed by atoms with Gasteiger partial charge in [0.1, 0.15) is 10.7 Å². The van der Waals surface area contributed by atoms with Crippen LogP contribution < -0.4 is 11.3 Å². The molecule has 0 aliphatic carbocycles. The van der Waals surface area contributed by atoms with E-state index in [1.54, 1.807) is 0 Å². The number of anilines is 1. The second-order valence-corrected chi connectivity index (χ2v) is 4.97. The third kappa shape index (κ3) is 2.87. The van der Waals surface area contributed by atoms with Gasteiger partial charge in [0, 0.05) is 23.6 Å². The van der Waals surface area contributed by atoms with E-state index in [0.717, 1.165) is 23.7 Å². The maximum atomic E-state index is 5.37. The molecule has 0 amide bonds. The van der Waals surface area contributed by atoms with Gasteiger partial charge in [-0.05, 0) is 27.3 Å². The van der Waals surface area contributed by atoms with Crippen molar-refractivity contribution in [1.29, 1.82) is 0 Å². The Kier molecular flexibility index (Phi) is 4.01. The van der Waals surface area contributed by atoms with Crippen LogP contribution in [0.3, 0.4) is 0 Å². The molecular weight excluding hydrogens is 210 g/mol. The van der Waals surface area contributed by atoms with Gasteiger partial charge < -0.3 is 5.43 Å². The predicted octanol–water partition coefficient (Wildman–Crippen LogP) is 1.44. The number of hydrogen-bond donors (Lipinski definition) is 2. The number of rotatable bonds is 5. The van der Waals surface area contributed by atoms with E-state index in [2.05, 4.69) is 47.7 Å². The Morgan fingerprint density at radius 3 is 2.73 bits per heavy atom. The second kappa shape index (κ2) is 4.87. The minimum atomic E-state index is 0.162. The van der Waals surface area contributed by atoms with Gasteiger partial charge in [-0.2, -0.15) is 0 Å². The third-order valence-electron chi connectivity index (χ3n) is 2.97. The van der Waals surface area contributed by atoms with E-state index in [9.17, 15) is 0 Å². The van der Waals surface area contributed by atoms with Gasteiger partial charge in [0.25, 0.3) is 0 Å². The lowest BCUT2D eigenvalue weighted by atomic mass is 10.00. The van der Waals surface area contributed by atoms with E-state index in [0.29, 0.717) is 0 Å². The molecule has 1 heterocycles. The van der Waals surface area contributed by atoms with Crippen molar-refractivity contribution in [1.82, 2.24) is 14.5 Å². The highest BCUT2D eigenvalue weighted by molar-refractivity contribution is 7.10. The Balaban J connectivity index is 2.70. The summed E-state index contributed by atoms with van der Waals surface area (Å²) in [6, 6.07) is 0. The summed E-state index contributed by atoms with van der Waals surface area (Å²) in [5.41, 5.74) is 3.69. The van der Waals surface area contributed by atoms with E-state index in [-0.39, 0.29) is 5.54 Å². The van der Waals surface area contributed by atoms with Crippen molar-refractivity contribution in [2.45, 2.75) is 39.3 Å². The van der Waals surface area contributed by atoms with Crippen LogP contribution in [0.4, 0.5) is 5.00 Å². The van der Waals surface area contributed by atoms with E-state index < -0.39 is 0 Å². The second-order valence-electron chi connectivity index (χ2n) is 4.22. The number of nitrogens with one attached hydrogen (secondary N) is 1. The van der Waals surface area contributed by atoms with Crippen LogP contribution in [0.1, 0.15) is 32.9 Å². The van der Waals surface area contributed by atoms with Gasteiger partial charge in [0.15, 0.2) is 0 Å². The first-order valence-electron chi connectivity index (χ1n) is 5.00. The van der Waals surface area contributed by atoms with Crippen LogP contribution in [-0.2, 0) is 6.54 Å². The lowest BCUT2D eigenvalue weighted by Gasteiger charge is -2.34. The fourth-order valence-electron chi connectivity index (χ4n) is 1.13. The maximum Gasteiger partial charge on any atom is 0.148 e. The molecular formula is C9H19N5S. The predicted molar refractivity (Wildman–Crippen MR) is 63.6 cm³/mol. The van der Waals surface area contributed by atoms with Crippen molar-refractivity contribution in [3.8, 4) is 0 Å². The van der Waals surface area contributed by atoms with E-state index >= 15 is 0 Å². The molecule has 0 radical (unpaired) electrons. The van der Waals surface area contributed by atoms with Crippen LogP contribution in [0.15, 0.2) is 0 Å². The average molecular weight is 229 g/mol. The standard InChI is InChI=1S/C9H19N5S/c1-5-9(2,3)14(4)6-7-8(11-10)15-13-12-7/h11H,5-6,10H2,1-4H3. The highest BCUT2D eigenvalue weighted by Crippen LogP contribution is 2.23. The van der Waals surface area contributed by atoms with E-state index in [1.807, 2.05) is 0 Å². The van der Waals surface area contributed by atoms with Crippen LogP contribution in [0.5, 0.6) is 0 Å². The Bertz CT molecular complexity index is 309. The summed E-state index contributed by atoms with van der Waals surface area (Å²) in [5.74, 6) is 5.37. The van der Waals surface area contributed by atoms with Gasteiger partial charge in [-0.1, -0.05) is 11.4 Å². The summed E-state index contributed by atoms with van der Waals surface area (Å²) in [6.07, 6.45) is 1.09. The Morgan fingerprint density at radius 1 is 1.53 bits per heavy atom. The first kappa shape index (κ1) is 12.4. The van der Waals surface area contributed by atoms with Crippen molar-refractivity contribution in [2.24, 2.45) is 5.84 Å². The molecule has 0 unspecified atom stereocenters. The lowest BCUT2D eigenvalue weighted by Crippen LogP contribution is -2.40. The SMILES string of the molecule is CCC(C)(C)N(C)Cc1nnsc1NN. The number of hydrogen-bond acceptors (Lipinski definition) is 6. The summed E-state index contributed by atoms with van der Waals surface area (Å²) in [4.78, 5) is 2.25. The van der Waals surface area contributed by atoms with Gasteiger partial charge in [-0.15, -0.1) is 5.10 Å². The number of nitrogens with two attached hydrogens (primary N) is 1. The fourth-order valence-corrected chi connectivity index (χ4v) is 1.61. The first-order chi connectivity index (χ1) is 7.01. The molecule has 0 aliphatic rings. The van der Waals surface area contributed by atoms with Crippen LogP contribution in [0.2, 0.25) is 0 Å². The van der Waals surface area contributed by atoms with E-state index in [4.69, 9.17) is 5.84 Å². The number of hydrazine groups is 1. The van der Waals surface area contributed by atoms with Gasteiger partial charge in [0.2, 0.25) is 0 Å². The van der Waals surface area contributed by atoms with Gasteiger partial charge >= 0.3 is 0 Å². The molecule has 1 aromatic heterocycles. The van der Waals surface area contributed by atoms with Gasteiger partial charge in [0.05, 0.1) is 0 Å². The Labute approximate surface area is 94.8 Å². The molecule has 0 fully saturated rings. The molecule has 1 rings (SSSR count). The minimum Gasteiger partial charge on any atom is -0.313 e. The topological polar surface area (TPSA) is 67.1 Å². The summed E-state index contributed by atoms with van der Waals surface area (Å²) >= 11 is 1.29. The molecule has 1 aromatic rings. The van der Waals surface area contributed by atoms with Crippen LogP contribution in [-0.4, -0.2) is 27.1 Å². The smallest absolute Gasteiger partial charge is 0.148 e. The zero-order valence-electron chi connectivity index (χ0n) is 9.74. The van der Waals surface area contributed by atoms with Gasteiger partial charge in [-0.25, -0.2) is 5.84 Å². The van der Waals surface area contributed by atoms with Crippen LogP contribution in [0, 0.1) is 0 Å². The highest BCUT2D eigenvalue weighted by Gasteiger charge is 2.22. The fraction of sp³-hybridized carbons (Fsp3) is 0.778. The average Bonchev–Trinajstić information content (AvgIpc) is 2.65. The quantitative estimate of drug-likeness (QED) is 0.591. The van der Waals surface area contributed by atoms with Crippen molar-refractivity contribution >= 4 is 16.5 Å². The summed E-state index contributed by atoms with van der Waals surface area (Å²) < 4.78 is 3.88. The molecule has 0 saturated heterocycles. The summed E-state index contributed by atoms with van der Waals surface area (Å²) in [7, 11) is 2.09. The molecule has 15 heavy (non-hydrogen) atoms. The van der Waals surface area contributed by atoms with E-state index in [1.165, 1.54) is 11.5 Å². The molecule has 0 aliphatic heterocycles. The maximum absolute atomic E-state index is 5.37. The largest absolute Gasteiger partial charge is 0.313 e. The molecule has 86 valence electrons. The first-order valence-corrected chi connectivity index (χ1v) is 5.77. The molecule has 0 aromatic carbocycles. The monoisotopic (exact) mass is 229 g/mol. The van der Waals surface area contributed by atoms with Gasteiger partial charge in [-0.3, -0.25) is 4.90 Å². The molecule has 5 nitrogen and oxygen atoms in total. The Hall–Kier alpha value is -0.720. The summed E-state index contributed by atoms with van der Waals surface area (Å²) in [6.45, 7) is 7.36. The lowest BCUT2D eigenvalue weighted by molar-refractivity contribution is 0.141. The molecule has 0 bridgehead atoms. The van der Waals surface area contributed by atoms with Crippen molar-refractivity contribution in [2.75, 3.05) is 12.5 Å². The van der Waals surface area contributed by atoms with Crippen molar-refractivity contribution < 1.29 is 0 Å². The Morgan fingerprint density at radius 2 is 2.20 bits per heavy atom. The molecule has 0 saturated carbocycles. The van der Waals surface area contributed by atoms with Crippen molar-refractivity contribution in [3.63, 3.8) is 0 Å². The number of nitrogens with zero attached hydrogens (tertiary/aromatic N) is 3. The normalized spacial score (nSPS) is 12.1. The molecule has 0 spiro atoms. The van der Waals surface area contributed by atoms with Crippen molar-refractivity contribution in [3.05, 3.63) is 5.69 Å². The molecule has 3 N–H and O–H groups in total. The minimum absolute atomic E-state index is 0.162. The van der Waals surface area contributed by atoms with Crippen LogP contribution >= 0.6 is 11.5 Å². The highest BCUT2D eigenvalue weighted by atomic mass is 32.1. The molecule has 0 atom stereocenters. The number of aromatic nitrogens is 2. The van der Waals surface area contributed by atoms with Crippen LogP contribution in [0.25, 0.3) is 0 Å².